The Labute approximate surface area is 274 Å². The normalized spacial score (nSPS) is 22.0. The number of rotatable bonds is 7. The van der Waals surface area contributed by atoms with Gasteiger partial charge in [-0.1, -0.05) is 60.7 Å². The number of fused-ring (bicyclic) bond motifs is 1. The molecule has 0 unspecified atom stereocenters. The van der Waals surface area contributed by atoms with Gasteiger partial charge in [-0.25, -0.2) is 9.59 Å². The van der Waals surface area contributed by atoms with Gasteiger partial charge in [0.1, 0.15) is 22.7 Å². The molecule has 47 heavy (non-hydrogen) atoms. The van der Waals surface area contributed by atoms with Crippen molar-refractivity contribution >= 4 is 34.3 Å². The van der Waals surface area contributed by atoms with Crippen molar-refractivity contribution < 1.29 is 28.1 Å². The molecule has 0 saturated carbocycles. The van der Waals surface area contributed by atoms with E-state index in [-0.39, 0.29) is 17.0 Å². The molecule has 0 radical (unpaired) electrons. The molecule has 3 aromatic rings. The van der Waals surface area contributed by atoms with Crippen LogP contribution in [0, 0.1) is 0 Å². The number of nitrogens with zero attached hydrogens (tertiary/aromatic N) is 1. The number of ether oxygens (including phenoxy) is 2. The van der Waals surface area contributed by atoms with E-state index in [0.29, 0.717) is 36.2 Å². The van der Waals surface area contributed by atoms with E-state index in [1.54, 1.807) is 26.8 Å². The van der Waals surface area contributed by atoms with Crippen LogP contribution in [0.1, 0.15) is 50.0 Å². The number of nitrogens with one attached hydrogen (secondary N) is 3. The standard InChI is InChI=1S/C35H36N4O7S/c1-35(2,3)46-34(43)38-28-31(41)39-29(33(42)45-30(21-10-6-4-7-11-21)22-12-8-5-9-13-22)25(20-47(44)32(28)39)27(24-14-16-36-19-24)23-15-17-37-26(40)18-23/h4-13,15,17-18,28,30,32,36H,14,16,19-20H2,1-3H3,(H,37,40)(H,38,43)/t28-,32-,47+/m1/s1. The summed E-state index contributed by atoms with van der Waals surface area (Å²) in [4.78, 5) is 57.4. The SMILES string of the molecule is CC(C)(C)OC(=O)N[C@@H]1C(=O)N2C(C(=O)OC(c3ccccc3)c3ccccc3)=C(C(=C3CCNC3)c3cc[nH]c(=O)c3)C[S@](=O)[C@H]12. The first-order valence-electron chi connectivity index (χ1n) is 15.4. The molecule has 2 amide bonds. The average molecular weight is 657 g/mol. The minimum Gasteiger partial charge on any atom is -0.448 e. The number of esters is 1. The van der Waals surface area contributed by atoms with E-state index in [1.807, 2.05) is 60.7 Å². The van der Waals surface area contributed by atoms with E-state index in [0.717, 1.165) is 16.7 Å². The molecule has 0 bridgehead atoms. The van der Waals surface area contributed by atoms with Crippen LogP contribution in [-0.4, -0.2) is 67.9 Å². The molecule has 12 heteroatoms. The fourth-order valence-corrected chi connectivity index (χ4v) is 7.78. The largest absolute Gasteiger partial charge is 0.448 e. The van der Waals surface area contributed by atoms with Crippen LogP contribution in [0.15, 0.2) is 101 Å². The van der Waals surface area contributed by atoms with Crippen molar-refractivity contribution in [3.63, 3.8) is 0 Å². The van der Waals surface area contributed by atoms with Crippen LogP contribution >= 0.6 is 0 Å². The average Bonchev–Trinajstić information content (AvgIpc) is 3.57. The molecule has 2 aromatic carbocycles. The quantitative estimate of drug-likeness (QED) is 0.259. The van der Waals surface area contributed by atoms with Gasteiger partial charge >= 0.3 is 12.1 Å². The van der Waals surface area contributed by atoms with Crippen molar-refractivity contribution in [3.8, 4) is 0 Å². The summed E-state index contributed by atoms with van der Waals surface area (Å²) in [5.41, 5.74) is 2.57. The molecule has 6 rings (SSSR count). The number of pyridine rings is 1. The van der Waals surface area contributed by atoms with E-state index >= 15 is 0 Å². The van der Waals surface area contributed by atoms with Gasteiger partial charge in [-0.3, -0.25) is 18.7 Å². The van der Waals surface area contributed by atoms with Crippen molar-refractivity contribution in [2.45, 2.75) is 50.3 Å². The smallest absolute Gasteiger partial charge is 0.408 e. The van der Waals surface area contributed by atoms with Gasteiger partial charge in [0, 0.05) is 24.4 Å². The Morgan fingerprint density at radius 2 is 1.66 bits per heavy atom. The maximum absolute atomic E-state index is 14.6. The van der Waals surface area contributed by atoms with E-state index in [2.05, 4.69) is 15.6 Å². The fraction of sp³-hybridized carbons (Fsp3) is 0.314. The Bertz CT molecular complexity index is 1800. The summed E-state index contributed by atoms with van der Waals surface area (Å²) in [6, 6.07) is 20.5. The van der Waals surface area contributed by atoms with Crippen LogP contribution in [0.25, 0.3) is 5.57 Å². The van der Waals surface area contributed by atoms with E-state index in [1.165, 1.54) is 17.2 Å². The second-order valence-corrected chi connectivity index (χ2v) is 14.1. The number of allylic oxidation sites excluding steroid dienone is 1. The van der Waals surface area contributed by atoms with Gasteiger partial charge in [-0.05, 0) is 67.6 Å². The molecule has 2 fully saturated rings. The highest BCUT2D eigenvalue weighted by molar-refractivity contribution is 7.86. The predicted molar refractivity (Wildman–Crippen MR) is 176 cm³/mol. The molecular formula is C35H36N4O7S. The van der Waals surface area contributed by atoms with Crippen molar-refractivity contribution in [3.05, 3.63) is 123 Å². The molecule has 3 N–H and O–H groups in total. The van der Waals surface area contributed by atoms with Gasteiger partial charge in [0.15, 0.2) is 6.10 Å². The summed E-state index contributed by atoms with van der Waals surface area (Å²) >= 11 is 0. The number of β-lactam (4-membered cyclic amide) rings is 1. The highest BCUT2D eigenvalue weighted by atomic mass is 32.2. The molecule has 11 nitrogen and oxygen atoms in total. The molecule has 3 aliphatic heterocycles. The topological polar surface area (TPSA) is 147 Å². The number of hydrogen-bond acceptors (Lipinski definition) is 8. The Morgan fingerprint density at radius 3 is 2.23 bits per heavy atom. The van der Waals surface area contributed by atoms with Crippen LogP contribution in [0.5, 0.6) is 0 Å². The van der Waals surface area contributed by atoms with Crippen LogP contribution < -0.4 is 16.2 Å². The highest BCUT2D eigenvalue weighted by Gasteiger charge is 2.58. The van der Waals surface area contributed by atoms with E-state index in [9.17, 15) is 23.4 Å². The molecular weight excluding hydrogens is 620 g/mol. The number of H-pyrrole nitrogens is 1. The maximum Gasteiger partial charge on any atom is 0.408 e. The molecule has 3 atom stereocenters. The minimum atomic E-state index is -1.74. The molecule has 0 aliphatic carbocycles. The first-order chi connectivity index (χ1) is 22.5. The van der Waals surface area contributed by atoms with Crippen molar-refractivity contribution in [1.29, 1.82) is 0 Å². The lowest BCUT2D eigenvalue weighted by Gasteiger charge is -2.49. The highest BCUT2D eigenvalue weighted by Crippen LogP contribution is 2.42. The Hall–Kier alpha value is -4.81. The van der Waals surface area contributed by atoms with Gasteiger partial charge in [-0.15, -0.1) is 0 Å². The summed E-state index contributed by atoms with van der Waals surface area (Å²) in [6.07, 6.45) is 0.485. The number of hydrogen-bond donors (Lipinski definition) is 3. The minimum absolute atomic E-state index is 0.0617. The van der Waals surface area contributed by atoms with Gasteiger partial charge in [-0.2, -0.15) is 0 Å². The molecule has 2 saturated heterocycles. The molecule has 3 aliphatic rings. The second-order valence-electron chi connectivity index (χ2n) is 12.5. The first-order valence-corrected chi connectivity index (χ1v) is 16.8. The van der Waals surface area contributed by atoms with Gasteiger partial charge in [0.25, 0.3) is 5.91 Å². The number of benzene rings is 2. The number of alkyl carbamates (subject to hydrolysis) is 1. The lowest BCUT2D eigenvalue weighted by molar-refractivity contribution is -0.153. The summed E-state index contributed by atoms with van der Waals surface area (Å²) in [6.45, 7) is 6.25. The molecule has 244 valence electrons. The number of aromatic amines is 1. The zero-order valence-corrected chi connectivity index (χ0v) is 27.1. The molecule has 0 spiro atoms. The van der Waals surface area contributed by atoms with Gasteiger partial charge in [0.05, 0.1) is 16.6 Å². The number of carbonyl (C=O) groups excluding carboxylic acids is 3. The van der Waals surface area contributed by atoms with Gasteiger partial charge < -0.3 is 25.1 Å². The summed E-state index contributed by atoms with van der Waals surface area (Å²) < 4.78 is 25.6. The Morgan fingerprint density at radius 1 is 1.00 bits per heavy atom. The monoisotopic (exact) mass is 656 g/mol. The summed E-state index contributed by atoms with van der Waals surface area (Å²) in [5.74, 6) is -1.52. The zero-order valence-electron chi connectivity index (χ0n) is 26.3. The number of carbonyl (C=O) groups is 3. The van der Waals surface area contributed by atoms with Crippen LogP contribution in [0.4, 0.5) is 4.79 Å². The van der Waals surface area contributed by atoms with E-state index in [4.69, 9.17) is 9.47 Å². The third-order valence-corrected chi connectivity index (χ3v) is 9.68. The molecule has 4 heterocycles. The van der Waals surface area contributed by atoms with Crippen LogP contribution in [-0.2, 0) is 29.9 Å². The maximum atomic E-state index is 14.6. The first kappa shape index (κ1) is 32.1. The van der Waals surface area contributed by atoms with E-state index < -0.39 is 51.9 Å². The Balaban J connectivity index is 1.48. The predicted octanol–water partition coefficient (Wildman–Crippen LogP) is 3.53. The van der Waals surface area contributed by atoms with Crippen molar-refractivity contribution in [2.75, 3.05) is 18.8 Å². The van der Waals surface area contributed by atoms with Crippen molar-refractivity contribution in [1.82, 2.24) is 20.5 Å². The van der Waals surface area contributed by atoms with Crippen LogP contribution in [0.3, 0.4) is 0 Å². The lowest BCUT2D eigenvalue weighted by atomic mass is 9.90. The molecule has 1 aromatic heterocycles. The van der Waals surface area contributed by atoms with Crippen molar-refractivity contribution in [2.24, 2.45) is 0 Å². The van der Waals surface area contributed by atoms with Crippen LogP contribution in [0.2, 0.25) is 0 Å². The number of amides is 2. The second kappa shape index (κ2) is 13.1. The zero-order chi connectivity index (χ0) is 33.3. The summed E-state index contributed by atoms with van der Waals surface area (Å²) in [5, 5.41) is 4.82. The number of aromatic nitrogens is 1. The summed E-state index contributed by atoms with van der Waals surface area (Å²) in [7, 11) is -1.74. The third kappa shape index (κ3) is 6.70. The Kier molecular flexibility index (Phi) is 8.98. The van der Waals surface area contributed by atoms with Gasteiger partial charge in [0.2, 0.25) is 5.56 Å². The third-order valence-electron chi connectivity index (χ3n) is 8.08. The fourth-order valence-electron chi connectivity index (χ4n) is 6.11. The lowest BCUT2D eigenvalue weighted by Crippen LogP contribution is -2.73.